The minimum absolute atomic E-state index is 0.530. The highest BCUT2D eigenvalue weighted by Gasteiger charge is 2.50. The summed E-state index contributed by atoms with van der Waals surface area (Å²) in [6, 6.07) is 11.7. The number of rotatable bonds is 3. The molecule has 152 valence electrons. The third-order valence-corrected chi connectivity index (χ3v) is 4.65. The van der Waals surface area contributed by atoms with E-state index in [-0.39, 0.29) is 0 Å². The van der Waals surface area contributed by atoms with Gasteiger partial charge in [-0.05, 0) is 44.0 Å². The first-order chi connectivity index (χ1) is 13.5. The summed E-state index contributed by atoms with van der Waals surface area (Å²) in [5.41, 5.74) is -1.20. The number of carbonyl (C=O) groups is 4. The topological polar surface area (TPSA) is 108 Å². The Morgan fingerprint density at radius 2 is 1.72 bits per heavy atom. The normalized spacial score (nSPS) is 19.2. The second kappa shape index (κ2) is 7.20. The number of benzene rings is 2. The van der Waals surface area contributed by atoms with Gasteiger partial charge in [0.1, 0.15) is 12.1 Å². The van der Waals surface area contributed by atoms with E-state index in [2.05, 4.69) is 16.0 Å². The van der Waals surface area contributed by atoms with Crippen molar-refractivity contribution >= 4 is 34.6 Å². The Hall–Kier alpha value is -3.42. The van der Waals surface area contributed by atoms with Gasteiger partial charge in [0.05, 0.1) is 0 Å². The van der Waals surface area contributed by atoms with Crippen LogP contribution >= 0.6 is 0 Å². The Labute approximate surface area is 168 Å². The van der Waals surface area contributed by atoms with E-state index in [1.807, 2.05) is 36.4 Å². The number of urea groups is 2. The molecule has 6 amide bonds. The predicted molar refractivity (Wildman–Crippen MR) is 108 cm³/mol. The van der Waals surface area contributed by atoms with Gasteiger partial charge in [-0.2, -0.15) is 0 Å². The fourth-order valence-electron chi connectivity index (χ4n) is 3.37. The summed E-state index contributed by atoms with van der Waals surface area (Å²) in [6.45, 7) is 6.36. The van der Waals surface area contributed by atoms with Crippen molar-refractivity contribution in [2.75, 3.05) is 6.54 Å². The van der Waals surface area contributed by atoms with Gasteiger partial charge in [0, 0.05) is 5.54 Å². The van der Waals surface area contributed by atoms with Gasteiger partial charge in [-0.25, -0.2) is 9.59 Å². The maximum atomic E-state index is 13.1. The number of imide groups is 2. The molecule has 29 heavy (non-hydrogen) atoms. The second-order valence-electron chi connectivity index (χ2n) is 8.23. The molecule has 1 aliphatic heterocycles. The molecular formula is C21H24N4O4. The van der Waals surface area contributed by atoms with Crippen molar-refractivity contribution in [3.63, 3.8) is 0 Å². The first kappa shape index (κ1) is 20.3. The van der Waals surface area contributed by atoms with Gasteiger partial charge >= 0.3 is 12.1 Å². The lowest BCUT2D eigenvalue weighted by Gasteiger charge is -2.24. The molecule has 0 radical (unpaired) electrons. The lowest BCUT2D eigenvalue weighted by Crippen LogP contribution is -2.51. The molecule has 8 heteroatoms. The maximum absolute atomic E-state index is 13.1. The molecule has 1 aliphatic rings. The Morgan fingerprint density at radius 1 is 1.07 bits per heavy atom. The maximum Gasteiger partial charge on any atom is 0.325 e. The number of carbonyl (C=O) groups excluding carboxylic acids is 4. The zero-order valence-corrected chi connectivity index (χ0v) is 16.8. The first-order valence-corrected chi connectivity index (χ1v) is 9.25. The molecule has 0 spiro atoms. The number of amides is 6. The van der Waals surface area contributed by atoms with Crippen LogP contribution in [-0.2, 0) is 15.1 Å². The van der Waals surface area contributed by atoms with Crippen molar-refractivity contribution < 1.29 is 19.2 Å². The van der Waals surface area contributed by atoms with Gasteiger partial charge in [-0.15, -0.1) is 0 Å². The van der Waals surface area contributed by atoms with Crippen molar-refractivity contribution in [1.29, 1.82) is 0 Å². The van der Waals surface area contributed by atoms with Gasteiger partial charge < -0.3 is 10.6 Å². The van der Waals surface area contributed by atoms with E-state index in [4.69, 9.17) is 0 Å². The quantitative estimate of drug-likeness (QED) is 0.692. The number of hydrogen-bond acceptors (Lipinski definition) is 4. The summed E-state index contributed by atoms with van der Waals surface area (Å²) in [5, 5.41) is 9.18. The van der Waals surface area contributed by atoms with Crippen LogP contribution in [0.4, 0.5) is 9.59 Å². The van der Waals surface area contributed by atoms with Crippen molar-refractivity contribution in [2.24, 2.45) is 0 Å². The molecule has 3 N–H and O–H groups in total. The number of nitrogens with one attached hydrogen (secondary N) is 3. The van der Waals surface area contributed by atoms with E-state index in [1.165, 1.54) is 0 Å². The minimum Gasteiger partial charge on any atom is -0.333 e. The average molecular weight is 396 g/mol. The van der Waals surface area contributed by atoms with Crippen LogP contribution in [0.2, 0.25) is 0 Å². The molecule has 2 aromatic carbocycles. The highest BCUT2D eigenvalue weighted by atomic mass is 16.2. The van der Waals surface area contributed by atoms with E-state index in [0.29, 0.717) is 5.56 Å². The van der Waals surface area contributed by atoms with Crippen molar-refractivity contribution in [2.45, 2.75) is 38.8 Å². The first-order valence-electron chi connectivity index (χ1n) is 9.25. The van der Waals surface area contributed by atoms with Gasteiger partial charge in [-0.1, -0.05) is 42.5 Å². The standard InChI is InChI=1S/C21H24N4O4/c1-20(2,3)23-18(28)22-16(26)12-25-17(27)21(4,24-19(25)29)15-11-7-9-13-8-5-6-10-14(13)15/h5-11H,12H2,1-4H3,(H,24,29)(H2,22,23,26,28)/t21-/m1/s1. The zero-order valence-electron chi connectivity index (χ0n) is 16.8. The van der Waals surface area contributed by atoms with Gasteiger partial charge in [0.15, 0.2) is 0 Å². The van der Waals surface area contributed by atoms with E-state index in [1.54, 1.807) is 33.8 Å². The molecule has 3 rings (SSSR count). The third-order valence-electron chi connectivity index (χ3n) is 4.65. The molecule has 1 saturated heterocycles. The van der Waals surface area contributed by atoms with Crippen molar-refractivity contribution in [1.82, 2.24) is 20.9 Å². The summed E-state index contributed by atoms with van der Waals surface area (Å²) >= 11 is 0. The van der Waals surface area contributed by atoms with Gasteiger partial charge in [0.25, 0.3) is 5.91 Å². The molecule has 8 nitrogen and oxygen atoms in total. The summed E-state index contributed by atoms with van der Waals surface area (Å²) in [6.07, 6.45) is 0. The van der Waals surface area contributed by atoms with E-state index < -0.39 is 41.5 Å². The minimum atomic E-state index is -1.31. The highest BCUT2D eigenvalue weighted by Crippen LogP contribution is 2.33. The Balaban J connectivity index is 1.80. The van der Waals surface area contributed by atoms with E-state index in [0.717, 1.165) is 15.7 Å². The van der Waals surface area contributed by atoms with Crippen LogP contribution in [0.25, 0.3) is 10.8 Å². The Kier molecular flexibility index (Phi) is 5.04. The van der Waals surface area contributed by atoms with E-state index in [9.17, 15) is 19.2 Å². The molecule has 0 unspecified atom stereocenters. The molecule has 1 atom stereocenters. The lowest BCUT2D eigenvalue weighted by atomic mass is 9.88. The molecule has 0 aromatic heterocycles. The highest BCUT2D eigenvalue weighted by molar-refractivity contribution is 6.11. The van der Waals surface area contributed by atoms with Crippen LogP contribution in [0.3, 0.4) is 0 Å². The zero-order chi connectivity index (χ0) is 21.4. The summed E-state index contributed by atoms with van der Waals surface area (Å²) < 4.78 is 0. The lowest BCUT2D eigenvalue weighted by molar-refractivity contribution is -0.134. The van der Waals surface area contributed by atoms with Gasteiger partial charge in [0.2, 0.25) is 5.91 Å². The molecule has 1 fully saturated rings. The molecular weight excluding hydrogens is 372 g/mol. The molecule has 2 aromatic rings. The molecule has 1 heterocycles. The molecule has 0 bridgehead atoms. The van der Waals surface area contributed by atoms with Crippen LogP contribution in [-0.4, -0.2) is 40.9 Å². The van der Waals surface area contributed by atoms with E-state index >= 15 is 0 Å². The Bertz CT molecular complexity index is 1010. The molecule has 0 saturated carbocycles. The summed E-state index contributed by atoms with van der Waals surface area (Å²) in [7, 11) is 0. The van der Waals surface area contributed by atoms with Gasteiger partial charge in [-0.3, -0.25) is 19.8 Å². The largest absolute Gasteiger partial charge is 0.333 e. The number of hydrogen-bond donors (Lipinski definition) is 3. The van der Waals surface area contributed by atoms with Crippen LogP contribution in [0, 0.1) is 0 Å². The van der Waals surface area contributed by atoms with Crippen LogP contribution in [0.5, 0.6) is 0 Å². The van der Waals surface area contributed by atoms with Crippen molar-refractivity contribution in [3.8, 4) is 0 Å². The van der Waals surface area contributed by atoms with Crippen LogP contribution < -0.4 is 16.0 Å². The van der Waals surface area contributed by atoms with Crippen LogP contribution in [0.1, 0.15) is 33.3 Å². The molecule has 0 aliphatic carbocycles. The third kappa shape index (κ3) is 4.06. The van der Waals surface area contributed by atoms with Crippen molar-refractivity contribution in [3.05, 3.63) is 48.0 Å². The predicted octanol–water partition coefficient (Wildman–Crippen LogP) is 2.23. The fraction of sp³-hybridized carbons (Fsp3) is 0.333. The SMILES string of the molecule is CC(C)(C)NC(=O)NC(=O)CN1C(=O)N[C@](C)(c2cccc3ccccc23)C1=O. The second-order valence-corrected chi connectivity index (χ2v) is 8.23. The number of nitrogens with zero attached hydrogens (tertiary/aromatic N) is 1. The Morgan fingerprint density at radius 3 is 2.41 bits per heavy atom. The smallest absolute Gasteiger partial charge is 0.325 e. The fourth-order valence-corrected chi connectivity index (χ4v) is 3.37. The average Bonchev–Trinajstić information content (AvgIpc) is 2.83. The summed E-state index contributed by atoms with van der Waals surface area (Å²) in [5.74, 6) is -1.30. The number of fused-ring (bicyclic) bond motifs is 1. The summed E-state index contributed by atoms with van der Waals surface area (Å²) in [4.78, 5) is 50.4. The van der Waals surface area contributed by atoms with Crippen LogP contribution in [0.15, 0.2) is 42.5 Å². The monoisotopic (exact) mass is 396 g/mol.